The van der Waals surface area contributed by atoms with E-state index >= 15 is 0 Å². The maximum atomic E-state index is 12.5. The second-order valence-corrected chi connectivity index (χ2v) is 2.98. The van der Waals surface area contributed by atoms with E-state index in [-0.39, 0.29) is 5.75 Å². The van der Waals surface area contributed by atoms with Gasteiger partial charge in [0.15, 0.2) is 11.5 Å². The molecule has 0 radical (unpaired) electrons. The number of rotatable bonds is 2. The minimum Gasteiger partial charge on any atom is -0.504 e. The SMILES string of the molecule is COc1ccc(C(F)(F)F)c(CC#N)c1O. The Morgan fingerprint density at radius 2 is 2.06 bits per heavy atom. The van der Waals surface area contributed by atoms with Crippen LogP contribution in [0.1, 0.15) is 11.1 Å². The Hall–Kier alpha value is -1.90. The number of halogens is 3. The zero-order valence-electron chi connectivity index (χ0n) is 8.30. The molecule has 0 fully saturated rings. The smallest absolute Gasteiger partial charge is 0.416 e. The lowest BCUT2D eigenvalue weighted by molar-refractivity contribution is -0.138. The highest BCUT2D eigenvalue weighted by atomic mass is 19.4. The number of nitrogens with zero attached hydrogens (tertiary/aromatic N) is 1. The molecule has 0 saturated carbocycles. The predicted molar refractivity (Wildman–Crippen MR) is 49.0 cm³/mol. The summed E-state index contributed by atoms with van der Waals surface area (Å²) in [4.78, 5) is 0. The highest BCUT2D eigenvalue weighted by molar-refractivity contribution is 5.51. The van der Waals surface area contributed by atoms with E-state index in [0.717, 1.165) is 12.1 Å². The first-order valence-corrected chi connectivity index (χ1v) is 4.24. The third kappa shape index (κ3) is 2.19. The summed E-state index contributed by atoms with van der Waals surface area (Å²) in [6.45, 7) is 0. The van der Waals surface area contributed by atoms with Crippen LogP contribution in [-0.4, -0.2) is 12.2 Å². The molecule has 0 aliphatic heterocycles. The third-order valence-electron chi connectivity index (χ3n) is 2.03. The Balaban J connectivity index is 3.42. The molecular weight excluding hydrogens is 223 g/mol. The summed E-state index contributed by atoms with van der Waals surface area (Å²) >= 11 is 0. The number of hydrogen-bond acceptors (Lipinski definition) is 3. The molecule has 0 aliphatic rings. The maximum Gasteiger partial charge on any atom is 0.416 e. The molecule has 1 aromatic carbocycles. The molecule has 0 saturated heterocycles. The van der Waals surface area contributed by atoms with E-state index in [4.69, 9.17) is 5.26 Å². The highest BCUT2D eigenvalue weighted by Crippen LogP contribution is 2.40. The Morgan fingerprint density at radius 1 is 1.44 bits per heavy atom. The Morgan fingerprint density at radius 3 is 2.50 bits per heavy atom. The fraction of sp³-hybridized carbons (Fsp3) is 0.300. The van der Waals surface area contributed by atoms with E-state index in [1.807, 2.05) is 0 Å². The number of ether oxygens (including phenoxy) is 1. The van der Waals surface area contributed by atoms with E-state index in [1.165, 1.54) is 7.11 Å². The van der Waals surface area contributed by atoms with Gasteiger partial charge in [0, 0.05) is 5.56 Å². The number of hydrogen-bond donors (Lipinski definition) is 1. The molecule has 1 aromatic rings. The molecule has 0 amide bonds. The van der Waals surface area contributed by atoms with Crippen LogP contribution in [0.3, 0.4) is 0 Å². The molecule has 3 nitrogen and oxygen atoms in total. The minimum atomic E-state index is -4.60. The number of phenols is 1. The quantitative estimate of drug-likeness (QED) is 0.850. The van der Waals surface area contributed by atoms with Gasteiger partial charge in [-0.05, 0) is 12.1 Å². The van der Waals surface area contributed by atoms with Gasteiger partial charge >= 0.3 is 6.18 Å². The van der Waals surface area contributed by atoms with Crippen LogP contribution in [0.5, 0.6) is 11.5 Å². The Kier molecular flexibility index (Phi) is 3.28. The highest BCUT2D eigenvalue weighted by Gasteiger charge is 2.35. The van der Waals surface area contributed by atoms with Gasteiger partial charge in [-0.25, -0.2) is 0 Å². The van der Waals surface area contributed by atoms with Crippen molar-refractivity contribution in [1.82, 2.24) is 0 Å². The first kappa shape index (κ1) is 12.2. The van der Waals surface area contributed by atoms with Gasteiger partial charge in [0.2, 0.25) is 0 Å². The number of methoxy groups -OCH3 is 1. The molecule has 1 N–H and O–H groups in total. The molecular formula is C10H8F3NO2. The van der Waals surface area contributed by atoms with Gasteiger partial charge in [-0.2, -0.15) is 18.4 Å². The fourth-order valence-electron chi connectivity index (χ4n) is 1.30. The van der Waals surface area contributed by atoms with Gasteiger partial charge in [0.05, 0.1) is 25.2 Å². The zero-order valence-corrected chi connectivity index (χ0v) is 8.30. The predicted octanol–water partition coefficient (Wildman–Crippen LogP) is 2.49. The summed E-state index contributed by atoms with van der Waals surface area (Å²) in [6, 6.07) is 3.37. The average Bonchev–Trinajstić information content (AvgIpc) is 2.19. The molecule has 0 atom stereocenters. The minimum absolute atomic E-state index is 0.0850. The molecule has 0 heterocycles. The zero-order chi connectivity index (χ0) is 12.3. The van der Waals surface area contributed by atoms with Crippen LogP contribution in [0.25, 0.3) is 0 Å². The van der Waals surface area contributed by atoms with E-state index in [0.29, 0.717) is 0 Å². The maximum absolute atomic E-state index is 12.5. The molecule has 0 spiro atoms. The van der Waals surface area contributed by atoms with Crippen molar-refractivity contribution in [1.29, 1.82) is 5.26 Å². The van der Waals surface area contributed by atoms with Crippen molar-refractivity contribution in [3.05, 3.63) is 23.3 Å². The number of alkyl halides is 3. The summed E-state index contributed by atoms with van der Waals surface area (Å²) in [5.74, 6) is -0.725. The van der Waals surface area contributed by atoms with Crippen molar-refractivity contribution in [2.75, 3.05) is 7.11 Å². The fourth-order valence-corrected chi connectivity index (χ4v) is 1.30. The van der Waals surface area contributed by atoms with Crippen LogP contribution in [0.4, 0.5) is 13.2 Å². The Bertz CT molecular complexity index is 435. The van der Waals surface area contributed by atoms with Crippen LogP contribution >= 0.6 is 0 Å². The lowest BCUT2D eigenvalue weighted by Crippen LogP contribution is -2.09. The summed E-state index contributed by atoms with van der Waals surface area (Å²) in [6.07, 6.45) is -5.13. The first-order valence-electron chi connectivity index (χ1n) is 4.24. The standard InChI is InChI=1S/C10H8F3NO2/c1-16-8-3-2-7(10(11,12)13)6(4-5-14)9(8)15/h2-3,15H,4H2,1H3. The topological polar surface area (TPSA) is 53.2 Å². The van der Waals surface area contributed by atoms with E-state index < -0.39 is 29.5 Å². The Labute approximate surface area is 89.7 Å². The van der Waals surface area contributed by atoms with E-state index in [2.05, 4.69) is 4.74 Å². The molecule has 0 aliphatic carbocycles. The van der Waals surface area contributed by atoms with Crippen molar-refractivity contribution in [2.24, 2.45) is 0 Å². The second kappa shape index (κ2) is 4.31. The molecule has 0 bridgehead atoms. The van der Waals surface area contributed by atoms with Gasteiger partial charge in [0.1, 0.15) is 0 Å². The van der Waals surface area contributed by atoms with Crippen molar-refractivity contribution in [3.8, 4) is 17.6 Å². The summed E-state index contributed by atoms with van der Waals surface area (Å²) < 4.78 is 42.3. The van der Waals surface area contributed by atoms with Crippen molar-refractivity contribution in [2.45, 2.75) is 12.6 Å². The monoisotopic (exact) mass is 231 g/mol. The van der Waals surface area contributed by atoms with Crippen molar-refractivity contribution >= 4 is 0 Å². The summed E-state index contributed by atoms with van der Waals surface area (Å²) in [5.41, 5.74) is -1.48. The van der Waals surface area contributed by atoms with Crippen LogP contribution < -0.4 is 4.74 Å². The second-order valence-electron chi connectivity index (χ2n) is 2.98. The van der Waals surface area contributed by atoms with E-state index in [9.17, 15) is 18.3 Å². The average molecular weight is 231 g/mol. The van der Waals surface area contributed by atoms with Crippen LogP contribution in [0.15, 0.2) is 12.1 Å². The van der Waals surface area contributed by atoms with Gasteiger partial charge in [-0.15, -0.1) is 0 Å². The molecule has 1 rings (SSSR count). The number of phenolic OH excluding ortho intramolecular Hbond substituents is 1. The first-order chi connectivity index (χ1) is 7.41. The summed E-state index contributed by atoms with van der Waals surface area (Å²) in [7, 11) is 1.22. The molecule has 0 unspecified atom stereocenters. The lowest BCUT2D eigenvalue weighted by Gasteiger charge is -2.14. The third-order valence-corrected chi connectivity index (χ3v) is 2.03. The molecule has 16 heavy (non-hydrogen) atoms. The number of nitriles is 1. The summed E-state index contributed by atoms with van der Waals surface area (Å²) in [5, 5.41) is 17.9. The van der Waals surface area contributed by atoms with Crippen LogP contribution in [0.2, 0.25) is 0 Å². The molecule has 86 valence electrons. The normalized spacial score (nSPS) is 10.9. The number of aromatic hydroxyl groups is 1. The van der Waals surface area contributed by atoms with Gasteiger partial charge in [-0.1, -0.05) is 0 Å². The van der Waals surface area contributed by atoms with Gasteiger partial charge < -0.3 is 9.84 Å². The van der Waals surface area contributed by atoms with Gasteiger partial charge in [0.25, 0.3) is 0 Å². The lowest BCUT2D eigenvalue weighted by atomic mass is 10.0. The van der Waals surface area contributed by atoms with Crippen LogP contribution in [0, 0.1) is 11.3 Å². The largest absolute Gasteiger partial charge is 0.504 e. The molecule has 6 heteroatoms. The van der Waals surface area contributed by atoms with Gasteiger partial charge in [-0.3, -0.25) is 0 Å². The van der Waals surface area contributed by atoms with E-state index in [1.54, 1.807) is 6.07 Å². The number of benzene rings is 1. The van der Waals surface area contributed by atoms with Crippen LogP contribution in [-0.2, 0) is 12.6 Å². The van der Waals surface area contributed by atoms with Crippen molar-refractivity contribution < 1.29 is 23.0 Å². The van der Waals surface area contributed by atoms with Crippen molar-refractivity contribution in [3.63, 3.8) is 0 Å². The molecule has 0 aromatic heterocycles.